The minimum Gasteiger partial charge on any atom is -0.405 e. The molecule has 1 nitrogen and oxygen atoms in total. The maximum Gasteiger partial charge on any atom is 0.275 e. The van der Waals surface area contributed by atoms with Crippen molar-refractivity contribution in [2.24, 2.45) is 0 Å². The maximum atomic E-state index is 5.79. The summed E-state index contributed by atoms with van der Waals surface area (Å²) >= 11 is 11.2. The Morgan fingerprint density at radius 1 is 1.56 bits per heavy atom. The molecule has 0 radical (unpaired) electrons. The van der Waals surface area contributed by atoms with Crippen LogP contribution < -0.4 is 0 Å². The Kier molecular flexibility index (Phi) is 7.45. The van der Waals surface area contributed by atoms with E-state index >= 15 is 0 Å². The van der Waals surface area contributed by atoms with Gasteiger partial charge in [-0.05, 0) is 12.5 Å². The summed E-state index contributed by atoms with van der Waals surface area (Å²) in [7, 11) is -1.38. The van der Waals surface area contributed by atoms with E-state index in [1.807, 2.05) is 0 Å². The fourth-order valence-electron chi connectivity index (χ4n) is 0.415. The summed E-state index contributed by atoms with van der Waals surface area (Å²) in [6, 6.07) is 0.864. The van der Waals surface area contributed by atoms with E-state index in [0.29, 0.717) is 5.88 Å². The van der Waals surface area contributed by atoms with Crippen LogP contribution in [0, 0.1) is 0 Å². The molecule has 0 bridgehead atoms. The fraction of sp³-hybridized carbons (Fsp3) is 1.00. The van der Waals surface area contributed by atoms with E-state index in [2.05, 4.69) is 6.92 Å². The number of alkyl halides is 1. The average molecular weight is 187 g/mol. The second-order valence-corrected chi connectivity index (χ2v) is 5.33. The summed E-state index contributed by atoms with van der Waals surface area (Å²) in [4.78, 5) is 0. The standard InChI is InChI=1S/C5H12Cl2OSi/c1-2-4-8-9(7)5-3-6/h9H,2-5H2,1H3. The molecule has 0 fully saturated rings. The quantitative estimate of drug-likeness (QED) is 0.364. The van der Waals surface area contributed by atoms with Crippen molar-refractivity contribution in [3.63, 3.8) is 0 Å². The molecule has 9 heavy (non-hydrogen) atoms. The lowest BCUT2D eigenvalue weighted by Gasteiger charge is -2.04. The van der Waals surface area contributed by atoms with Crippen LogP contribution in [-0.4, -0.2) is 20.8 Å². The third-order valence-electron chi connectivity index (χ3n) is 0.839. The summed E-state index contributed by atoms with van der Waals surface area (Å²) < 4.78 is 5.25. The lowest BCUT2D eigenvalue weighted by atomic mass is 10.5. The molecule has 0 aliphatic carbocycles. The molecule has 0 amide bonds. The molecule has 0 rings (SSSR count). The summed E-state index contributed by atoms with van der Waals surface area (Å²) in [5.74, 6) is 0.629. The Hall–Kier alpha value is 0.757. The predicted molar refractivity (Wildman–Crippen MR) is 44.8 cm³/mol. The molecule has 0 aromatic rings. The van der Waals surface area contributed by atoms with Crippen molar-refractivity contribution in [1.29, 1.82) is 0 Å². The number of hydrogen-bond donors (Lipinski definition) is 0. The van der Waals surface area contributed by atoms with E-state index in [1.54, 1.807) is 0 Å². The first-order valence-corrected chi connectivity index (χ1v) is 6.69. The normalized spacial score (nSPS) is 13.7. The molecule has 0 heterocycles. The van der Waals surface area contributed by atoms with Gasteiger partial charge in [-0.15, -0.1) is 22.7 Å². The molecule has 0 saturated carbocycles. The van der Waals surface area contributed by atoms with Crippen molar-refractivity contribution < 1.29 is 4.43 Å². The summed E-state index contributed by atoms with van der Waals surface area (Å²) in [5.41, 5.74) is 0. The molecule has 1 unspecified atom stereocenters. The lowest BCUT2D eigenvalue weighted by Crippen LogP contribution is -2.11. The summed E-state index contributed by atoms with van der Waals surface area (Å²) in [6.07, 6.45) is 1.04. The highest BCUT2D eigenvalue weighted by Gasteiger charge is 2.04. The molecule has 0 aliphatic rings. The molecule has 0 aromatic carbocycles. The monoisotopic (exact) mass is 186 g/mol. The maximum absolute atomic E-state index is 5.79. The van der Waals surface area contributed by atoms with Crippen molar-refractivity contribution in [3.05, 3.63) is 0 Å². The van der Waals surface area contributed by atoms with Crippen molar-refractivity contribution in [3.8, 4) is 0 Å². The molecule has 0 spiro atoms. The van der Waals surface area contributed by atoms with E-state index < -0.39 is 8.35 Å². The Labute approximate surface area is 67.7 Å². The first-order valence-electron chi connectivity index (χ1n) is 3.13. The van der Waals surface area contributed by atoms with Gasteiger partial charge in [0, 0.05) is 12.5 Å². The van der Waals surface area contributed by atoms with Crippen LogP contribution >= 0.6 is 22.7 Å². The van der Waals surface area contributed by atoms with Crippen LogP contribution in [0.1, 0.15) is 13.3 Å². The Bertz CT molecular complexity index is 62.9. The van der Waals surface area contributed by atoms with Crippen molar-refractivity contribution in [1.82, 2.24) is 0 Å². The Morgan fingerprint density at radius 2 is 2.22 bits per heavy atom. The zero-order valence-corrected chi connectivity index (χ0v) is 8.24. The van der Waals surface area contributed by atoms with Crippen molar-refractivity contribution in [2.45, 2.75) is 19.4 Å². The van der Waals surface area contributed by atoms with Crippen LogP contribution in [0.25, 0.3) is 0 Å². The average Bonchev–Trinajstić information content (AvgIpc) is 1.85. The van der Waals surface area contributed by atoms with E-state index in [-0.39, 0.29) is 0 Å². The van der Waals surface area contributed by atoms with Gasteiger partial charge in [0.1, 0.15) is 0 Å². The SMILES string of the molecule is CCCO[SiH](Cl)CCCl. The van der Waals surface area contributed by atoms with Crippen molar-refractivity contribution >= 4 is 31.0 Å². The first-order chi connectivity index (χ1) is 4.31. The fourth-order valence-corrected chi connectivity index (χ4v) is 2.77. The largest absolute Gasteiger partial charge is 0.405 e. The number of halogens is 2. The van der Waals surface area contributed by atoms with Gasteiger partial charge >= 0.3 is 0 Å². The third kappa shape index (κ3) is 6.64. The molecule has 0 aromatic heterocycles. The van der Waals surface area contributed by atoms with E-state index in [1.165, 1.54) is 0 Å². The van der Waals surface area contributed by atoms with Crippen LogP contribution in [0.5, 0.6) is 0 Å². The predicted octanol–water partition coefficient (Wildman–Crippen LogP) is 2.11. The topological polar surface area (TPSA) is 9.23 Å². The van der Waals surface area contributed by atoms with E-state index in [9.17, 15) is 0 Å². The molecular weight excluding hydrogens is 175 g/mol. The van der Waals surface area contributed by atoms with Gasteiger partial charge in [-0.25, -0.2) is 0 Å². The van der Waals surface area contributed by atoms with Crippen LogP contribution in [0.2, 0.25) is 6.04 Å². The number of rotatable bonds is 5. The first kappa shape index (κ1) is 9.76. The second-order valence-electron chi connectivity index (χ2n) is 1.76. The number of hydrogen-bond acceptors (Lipinski definition) is 1. The molecular formula is C5H12Cl2OSi. The van der Waals surface area contributed by atoms with Crippen LogP contribution in [-0.2, 0) is 4.43 Å². The second kappa shape index (κ2) is 6.87. The van der Waals surface area contributed by atoms with E-state index in [4.69, 9.17) is 27.1 Å². The van der Waals surface area contributed by atoms with Crippen LogP contribution in [0.15, 0.2) is 0 Å². The molecule has 56 valence electrons. The van der Waals surface area contributed by atoms with Gasteiger partial charge in [0.15, 0.2) is 0 Å². The molecule has 0 saturated heterocycles. The summed E-state index contributed by atoms with van der Waals surface area (Å²) in [6.45, 7) is 2.86. The molecule has 0 N–H and O–H groups in total. The molecule has 1 atom stereocenters. The zero-order chi connectivity index (χ0) is 7.11. The van der Waals surface area contributed by atoms with Crippen molar-refractivity contribution in [2.75, 3.05) is 12.5 Å². The van der Waals surface area contributed by atoms with Gasteiger partial charge in [0.25, 0.3) is 8.35 Å². The third-order valence-corrected chi connectivity index (χ3v) is 3.80. The smallest absolute Gasteiger partial charge is 0.275 e. The van der Waals surface area contributed by atoms with Gasteiger partial charge in [-0.3, -0.25) is 0 Å². The zero-order valence-electron chi connectivity index (χ0n) is 5.57. The highest BCUT2D eigenvalue weighted by Crippen LogP contribution is 2.01. The van der Waals surface area contributed by atoms with Crippen LogP contribution in [0.3, 0.4) is 0 Å². The Morgan fingerprint density at radius 3 is 2.67 bits per heavy atom. The van der Waals surface area contributed by atoms with Gasteiger partial charge in [0.2, 0.25) is 0 Å². The molecule has 0 aliphatic heterocycles. The van der Waals surface area contributed by atoms with Crippen LogP contribution in [0.4, 0.5) is 0 Å². The summed E-state index contributed by atoms with van der Waals surface area (Å²) in [5, 5.41) is 0. The lowest BCUT2D eigenvalue weighted by molar-refractivity contribution is 0.330. The highest BCUT2D eigenvalue weighted by atomic mass is 35.6. The van der Waals surface area contributed by atoms with Gasteiger partial charge in [-0.2, -0.15) is 0 Å². The van der Waals surface area contributed by atoms with Gasteiger partial charge < -0.3 is 4.43 Å². The highest BCUT2D eigenvalue weighted by molar-refractivity contribution is 7.03. The van der Waals surface area contributed by atoms with Gasteiger partial charge in [-0.1, -0.05) is 6.92 Å². The minimum atomic E-state index is -1.38. The van der Waals surface area contributed by atoms with Gasteiger partial charge in [0.05, 0.1) is 0 Å². The Balaban J connectivity index is 2.95. The van der Waals surface area contributed by atoms with E-state index in [0.717, 1.165) is 19.1 Å². The minimum absolute atomic E-state index is 0.629. The molecule has 4 heteroatoms.